The zero-order chi connectivity index (χ0) is 13.9. The number of hydrogen-bond donors (Lipinski definition) is 1. The maximum Gasteiger partial charge on any atom is 0.310 e. The predicted octanol–water partition coefficient (Wildman–Crippen LogP) is 1.79. The van der Waals surface area contributed by atoms with Crippen LogP contribution in [0, 0.1) is 0 Å². The molecule has 1 saturated heterocycles. The molecule has 5 heteroatoms. The lowest BCUT2D eigenvalue weighted by Crippen LogP contribution is -2.32. The summed E-state index contributed by atoms with van der Waals surface area (Å²) in [5.74, 6) is -0.165. The summed E-state index contributed by atoms with van der Waals surface area (Å²) < 4.78 is 4.69. The van der Waals surface area contributed by atoms with Gasteiger partial charge in [-0.25, -0.2) is 0 Å². The number of ether oxygens (including phenoxy) is 1. The number of nitrogens with zero attached hydrogens (tertiary/aromatic N) is 1. The van der Waals surface area contributed by atoms with Crippen molar-refractivity contribution in [1.82, 2.24) is 10.2 Å². The Balaban J connectivity index is 1.43. The van der Waals surface area contributed by atoms with Gasteiger partial charge in [0.2, 0.25) is 0 Å². The Morgan fingerprint density at radius 3 is 2.95 bits per heavy atom. The number of esters is 1. The summed E-state index contributed by atoms with van der Waals surface area (Å²) in [7, 11) is 1.43. The van der Waals surface area contributed by atoms with E-state index in [1.807, 2.05) is 6.07 Å². The van der Waals surface area contributed by atoms with Crippen LogP contribution in [0.3, 0.4) is 0 Å². The number of carbonyl (C=O) groups is 1. The molecule has 0 bridgehead atoms. The molecule has 1 aliphatic carbocycles. The first-order valence-electron chi connectivity index (χ1n) is 7.36. The van der Waals surface area contributed by atoms with Gasteiger partial charge in [0.15, 0.2) is 0 Å². The molecule has 4 nitrogen and oxygen atoms in total. The molecule has 3 rings (SSSR count). The van der Waals surface area contributed by atoms with E-state index in [1.54, 1.807) is 11.3 Å². The van der Waals surface area contributed by atoms with E-state index in [-0.39, 0.29) is 5.97 Å². The predicted molar refractivity (Wildman–Crippen MR) is 79.9 cm³/mol. The number of nitrogens with one attached hydrogen (secondary N) is 1. The van der Waals surface area contributed by atoms with Crippen LogP contribution in [0.2, 0.25) is 0 Å². The lowest BCUT2D eigenvalue weighted by atomic mass is 10.2. The van der Waals surface area contributed by atoms with Crippen molar-refractivity contribution in [3.8, 4) is 0 Å². The molecule has 20 heavy (non-hydrogen) atoms. The molecule has 110 valence electrons. The molecule has 0 amide bonds. The van der Waals surface area contributed by atoms with Crippen molar-refractivity contribution in [3.63, 3.8) is 0 Å². The maximum absolute atomic E-state index is 11.2. The van der Waals surface area contributed by atoms with Crippen molar-refractivity contribution in [2.24, 2.45) is 0 Å². The molecule has 1 aromatic heterocycles. The van der Waals surface area contributed by atoms with Gasteiger partial charge >= 0.3 is 5.97 Å². The summed E-state index contributed by atoms with van der Waals surface area (Å²) in [6, 6.07) is 5.66. The van der Waals surface area contributed by atoms with Gasteiger partial charge in [-0.1, -0.05) is 0 Å². The van der Waals surface area contributed by atoms with Crippen LogP contribution in [0.4, 0.5) is 0 Å². The zero-order valence-corrected chi connectivity index (χ0v) is 12.7. The first kappa shape index (κ1) is 14.0. The fourth-order valence-electron chi connectivity index (χ4n) is 2.80. The summed E-state index contributed by atoms with van der Waals surface area (Å²) in [4.78, 5) is 16.2. The Morgan fingerprint density at radius 2 is 2.20 bits per heavy atom. The van der Waals surface area contributed by atoms with Gasteiger partial charge in [-0.05, 0) is 31.4 Å². The molecule has 2 fully saturated rings. The van der Waals surface area contributed by atoms with Crippen LogP contribution >= 0.6 is 11.3 Å². The van der Waals surface area contributed by atoms with Crippen LogP contribution in [0.15, 0.2) is 12.1 Å². The molecule has 2 aliphatic rings. The molecular formula is C15H22N2O2S. The van der Waals surface area contributed by atoms with Crippen LogP contribution in [-0.4, -0.2) is 43.2 Å². The Hall–Kier alpha value is -0.910. The maximum atomic E-state index is 11.2. The highest BCUT2D eigenvalue weighted by Gasteiger charge is 2.34. The van der Waals surface area contributed by atoms with Gasteiger partial charge < -0.3 is 10.1 Å². The molecular weight excluding hydrogens is 272 g/mol. The Morgan fingerprint density at radius 1 is 1.40 bits per heavy atom. The molecule has 0 aromatic carbocycles. The van der Waals surface area contributed by atoms with Gasteiger partial charge in [-0.15, -0.1) is 11.3 Å². The van der Waals surface area contributed by atoms with E-state index in [9.17, 15) is 4.79 Å². The summed E-state index contributed by atoms with van der Waals surface area (Å²) in [5.41, 5.74) is 0. The third-order valence-corrected chi connectivity index (χ3v) is 5.20. The van der Waals surface area contributed by atoms with Crippen LogP contribution in [0.5, 0.6) is 0 Å². The van der Waals surface area contributed by atoms with E-state index >= 15 is 0 Å². The van der Waals surface area contributed by atoms with Gasteiger partial charge in [-0.2, -0.15) is 0 Å². The second-order valence-corrected chi connectivity index (χ2v) is 6.97. The number of likely N-dealkylation sites (tertiary alicyclic amines) is 1. The van der Waals surface area contributed by atoms with E-state index in [2.05, 4.69) is 16.3 Å². The van der Waals surface area contributed by atoms with Crippen molar-refractivity contribution in [2.45, 2.75) is 44.3 Å². The average molecular weight is 294 g/mol. The van der Waals surface area contributed by atoms with E-state index in [1.165, 1.54) is 44.3 Å². The van der Waals surface area contributed by atoms with Crippen molar-refractivity contribution < 1.29 is 9.53 Å². The Bertz CT molecular complexity index is 470. The fraction of sp³-hybridized carbons (Fsp3) is 0.667. The van der Waals surface area contributed by atoms with Gasteiger partial charge in [0.05, 0.1) is 13.5 Å². The van der Waals surface area contributed by atoms with Crippen LogP contribution in [0.1, 0.15) is 29.0 Å². The zero-order valence-electron chi connectivity index (χ0n) is 11.9. The standard InChI is InChI=1S/C15H22N2O2S/c1-19-15(18)8-13-4-5-14(20-13)9-16-11-6-7-17(10-11)12-2-3-12/h4-5,11-12,16H,2-3,6-10H2,1H3. The van der Waals surface area contributed by atoms with Crippen molar-refractivity contribution in [3.05, 3.63) is 21.9 Å². The highest BCUT2D eigenvalue weighted by molar-refractivity contribution is 7.12. The van der Waals surface area contributed by atoms with Crippen molar-refractivity contribution >= 4 is 17.3 Å². The minimum Gasteiger partial charge on any atom is -0.469 e. The number of thiophene rings is 1. The van der Waals surface area contributed by atoms with Gasteiger partial charge in [0.1, 0.15) is 0 Å². The first-order valence-corrected chi connectivity index (χ1v) is 8.18. The first-order chi connectivity index (χ1) is 9.74. The van der Waals surface area contributed by atoms with E-state index in [0.29, 0.717) is 12.5 Å². The van der Waals surface area contributed by atoms with Crippen molar-refractivity contribution in [1.29, 1.82) is 0 Å². The summed E-state index contributed by atoms with van der Waals surface area (Å²) >= 11 is 1.70. The molecule has 1 atom stereocenters. The third-order valence-electron chi connectivity index (χ3n) is 4.11. The Labute approximate surface area is 124 Å². The van der Waals surface area contributed by atoms with Gasteiger partial charge in [-0.3, -0.25) is 9.69 Å². The van der Waals surface area contributed by atoms with Crippen LogP contribution < -0.4 is 5.32 Å². The van der Waals surface area contributed by atoms with E-state index < -0.39 is 0 Å². The molecule has 2 heterocycles. The minimum atomic E-state index is -0.165. The summed E-state index contributed by atoms with van der Waals surface area (Å²) in [6.07, 6.45) is 4.44. The second-order valence-electron chi connectivity index (χ2n) is 5.71. The van der Waals surface area contributed by atoms with E-state index in [0.717, 1.165) is 17.5 Å². The molecule has 1 unspecified atom stereocenters. The number of carbonyl (C=O) groups excluding carboxylic acids is 1. The fourth-order valence-corrected chi connectivity index (χ4v) is 3.75. The molecule has 1 saturated carbocycles. The summed E-state index contributed by atoms with van der Waals surface area (Å²) in [6.45, 7) is 3.36. The normalized spacial score (nSPS) is 23.1. The Kier molecular flexibility index (Phi) is 4.38. The second kappa shape index (κ2) is 6.24. The van der Waals surface area contributed by atoms with E-state index in [4.69, 9.17) is 4.74 Å². The highest BCUT2D eigenvalue weighted by Crippen LogP contribution is 2.30. The van der Waals surface area contributed by atoms with Gasteiger partial charge in [0.25, 0.3) is 0 Å². The highest BCUT2D eigenvalue weighted by atomic mass is 32.1. The lowest BCUT2D eigenvalue weighted by Gasteiger charge is -2.15. The van der Waals surface area contributed by atoms with Crippen molar-refractivity contribution in [2.75, 3.05) is 20.2 Å². The monoisotopic (exact) mass is 294 g/mol. The van der Waals surface area contributed by atoms with Crippen LogP contribution in [0.25, 0.3) is 0 Å². The molecule has 1 aliphatic heterocycles. The molecule has 0 radical (unpaired) electrons. The number of rotatable bonds is 6. The summed E-state index contributed by atoms with van der Waals surface area (Å²) in [5, 5.41) is 3.64. The topological polar surface area (TPSA) is 41.6 Å². The third kappa shape index (κ3) is 3.59. The molecule has 1 N–H and O–H groups in total. The lowest BCUT2D eigenvalue weighted by molar-refractivity contribution is -0.139. The average Bonchev–Trinajstić information content (AvgIpc) is 3.03. The van der Waals surface area contributed by atoms with Crippen LogP contribution in [-0.2, 0) is 22.5 Å². The number of hydrogen-bond acceptors (Lipinski definition) is 5. The van der Waals surface area contributed by atoms with Gasteiger partial charge in [0, 0.05) is 41.5 Å². The smallest absolute Gasteiger partial charge is 0.310 e. The largest absolute Gasteiger partial charge is 0.469 e. The minimum absolute atomic E-state index is 0.165. The SMILES string of the molecule is COC(=O)Cc1ccc(CNC2CCN(C3CC3)C2)s1. The number of methoxy groups -OCH3 is 1. The molecule has 0 spiro atoms. The molecule has 1 aromatic rings. The quantitative estimate of drug-likeness (QED) is 0.812.